The third-order valence-electron chi connectivity index (χ3n) is 9.10. The van der Waals surface area contributed by atoms with Crippen LogP contribution in [0.25, 0.3) is 32.9 Å². The lowest BCUT2D eigenvalue weighted by Gasteiger charge is -2.34. The number of nitrogens with one attached hydrogen (secondary N) is 1. The smallest absolute Gasteiger partial charge is 0.319 e. The second-order valence-electron chi connectivity index (χ2n) is 12.6. The van der Waals surface area contributed by atoms with Gasteiger partial charge in [0.25, 0.3) is 0 Å². The average Bonchev–Trinajstić information content (AvgIpc) is 3.59. The lowest BCUT2D eigenvalue weighted by atomic mass is 9.95. The summed E-state index contributed by atoms with van der Waals surface area (Å²) in [5.74, 6) is 1.47. The van der Waals surface area contributed by atoms with E-state index in [1.807, 2.05) is 13.8 Å². The first-order valence-corrected chi connectivity index (χ1v) is 15.5. The van der Waals surface area contributed by atoms with Crippen LogP contribution in [-0.4, -0.2) is 82.5 Å². The van der Waals surface area contributed by atoms with Gasteiger partial charge in [-0.2, -0.15) is 9.97 Å². The molecule has 3 saturated heterocycles. The first kappa shape index (κ1) is 29.4. The summed E-state index contributed by atoms with van der Waals surface area (Å²) in [5.41, 5.74) is -0.135. The number of phenolic OH excluding ortho intramolecular Hbond substituents is 1. The fraction of sp³-hybridized carbons (Fsp3) is 0.441. The van der Waals surface area contributed by atoms with E-state index in [2.05, 4.69) is 33.1 Å². The van der Waals surface area contributed by atoms with Crippen LogP contribution in [0.4, 0.5) is 14.6 Å². The Kier molecular flexibility index (Phi) is 7.58. The van der Waals surface area contributed by atoms with Crippen LogP contribution in [0, 0.1) is 24.0 Å². The molecule has 2 aromatic carbocycles. The van der Waals surface area contributed by atoms with Crippen molar-refractivity contribution in [3.8, 4) is 41.2 Å². The van der Waals surface area contributed by atoms with Crippen LogP contribution < -0.4 is 19.7 Å². The highest BCUT2D eigenvalue weighted by atomic mass is 19.1. The Hall–Kier alpha value is -4.27. The van der Waals surface area contributed by atoms with E-state index in [4.69, 9.17) is 25.9 Å². The molecule has 4 aromatic rings. The number of hydrogen-bond acceptors (Lipinski definition) is 9. The lowest BCUT2D eigenvalue weighted by molar-refractivity contribution is 0.188. The Balaban J connectivity index is 1.47. The van der Waals surface area contributed by atoms with Crippen LogP contribution >= 0.6 is 0 Å². The molecule has 45 heavy (non-hydrogen) atoms. The molecule has 11 heteroatoms. The number of likely N-dealkylation sites (N-methyl/N-ethyl adjacent to an activating group) is 1. The summed E-state index contributed by atoms with van der Waals surface area (Å²) in [5, 5.41) is 15.3. The predicted octanol–water partition coefficient (Wildman–Crippen LogP) is 5.01. The molecule has 2 unspecified atom stereocenters. The number of aromatic nitrogens is 3. The van der Waals surface area contributed by atoms with Gasteiger partial charge in [-0.05, 0) is 76.7 Å². The topological polar surface area (TPSA) is 95.9 Å². The minimum Gasteiger partial charge on any atom is -0.508 e. The summed E-state index contributed by atoms with van der Waals surface area (Å²) < 4.78 is 44.4. The molecule has 0 amide bonds. The number of fused-ring (bicyclic) bond motifs is 4. The largest absolute Gasteiger partial charge is 0.508 e. The molecule has 2 aromatic heterocycles. The number of anilines is 1. The number of piperazine rings is 1. The molecular formula is C34H36F2N6O3. The number of halogens is 2. The normalized spacial score (nSPS) is 21.6. The predicted molar refractivity (Wildman–Crippen MR) is 169 cm³/mol. The van der Waals surface area contributed by atoms with Gasteiger partial charge in [-0.15, -0.1) is 6.42 Å². The van der Waals surface area contributed by atoms with Gasteiger partial charge in [-0.3, -0.25) is 0 Å². The zero-order valence-electron chi connectivity index (χ0n) is 25.6. The molecule has 3 aliphatic heterocycles. The van der Waals surface area contributed by atoms with E-state index in [9.17, 15) is 9.50 Å². The van der Waals surface area contributed by atoms with Crippen molar-refractivity contribution in [3.05, 3.63) is 41.5 Å². The van der Waals surface area contributed by atoms with Crippen LogP contribution in [0.2, 0.25) is 0 Å². The number of aromatic hydroxyl groups is 1. The molecule has 9 nitrogen and oxygen atoms in total. The van der Waals surface area contributed by atoms with Crippen LogP contribution in [0.3, 0.4) is 0 Å². The third-order valence-corrected chi connectivity index (χ3v) is 9.10. The summed E-state index contributed by atoms with van der Waals surface area (Å²) >= 11 is 0. The Labute approximate surface area is 260 Å². The van der Waals surface area contributed by atoms with Crippen LogP contribution in [0.15, 0.2) is 24.3 Å². The minimum atomic E-state index is -0.773. The van der Waals surface area contributed by atoms with Gasteiger partial charge in [0.2, 0.25) is 5.88 Å². The molecule has 7 rings (SSSR count). The van der Waals surface area contributed by atoms with Gasteiger partial charge in [0.15, 0.2) is 5.82 Å². The third kappa shape index (κ3) is 5.36. The summed E-state index contributed by atoms with van der Waals surface area (Å²) in [4.78, 5) is 18.6. The minimum absolute atomic E-state index is 0.0311. The molecule has 0 spiro atoms. The molecular weight excluding hydrogens is 578 g/mol. The molecule has 2 N–H and O–H groups in total. The fourth-order valence-electron chi connectivity index (χ4n) is 6.97. The second-order valence-corrected chi connectivity index (χ2v) is 12.6. The number of likely N-dealkylation sites (tertiary alicyclic amines) is 1. The molecule has 234 valence electrons. The Morgan fingerprint density at radius 3 is 2.56 bits per heavy atom. The maximum absolute atomic E-state index is 17.0. The van der Waals surface area contributed by atoms with Gasteiger partial charge in [-0.25, -0.2) is 13.8 Å². The summed E-state index contributed by atoms with van der Waals surface area (Å²) in [6.45, 7) is 6.42. The van der Waals surface area contributed by atoms with Gasteiger partial charge in [0.05, 0.1) is 11.7 Å². The van der Waals surface area contributed by atoms with Gasteiger partial charge in [0, 0.05) is 42.2 Å². The number of rotatable bonds is 7. The Bertz CT molecular complexity index is 1830. The number of nitrogens with zero attached hydrogens (tertiary/aromatic N) is 5. The zero-order valence-corrected chi connectivity index (χ0v) is 25.6. The van der Waals surface area contributed by atoms with Crippen molar-refractivity contribution in [2.75, 3.05) is 38.2 Å². The lowest BCUT2D eigenvalue weighted by Crippen LogP contribution is -2.51. The molecule has 3 aliphatic rings. The number of benzene rings is 2. The van der Waals surface area contributed by atoms with E-state index in [-0.39, 0.29) is 69.6 Å². The highest BCUT2D eigenvalue weighted by Gasteiger charge is 2.36. The molecule has 2 bridgehead atoms. The van der Waals surface area contributed by atoms with Crippen LogP contribution in [-0.2, 0) is 0 Å². The van der Waals surface area contributed by atoms with Gasteiger partial charge in [0.1, 0.15) is 40.6 Å². The van der Waals surface area contributed by atoms with E-state index >= 15 is 4.39 Å². The second kappa shape index (κ2) is 11.6. The van der Waals surface area contributed by atoms with E-state index < -0.39 is 11.6 Å². The Morgan fingerprint density at radius 1 is 1.09 bits per heavy atom. The summed E-state index contributed by atoms with van der Waals surface area (Å²) in [6, 6.07) is 6.34. The van der Waals surface area contributed by atoms with Crippen molar-refractivity contribution < 1.29 is 23.4 Å². The first-order chi connectivity index (χ1) is 21.7. The van der Waals surface area contributed by atoms with Crippen molar-refractivity contribution in [3.63, 3.8) is 0 Å². The molecule has 5 heterocycles. The van der Waals surface area contributed by atoms with Crippen molar-refractivity contribution >= 4 is 27.5 Å². The first-order valence-electron chi connectivity index (χ1n) is 15.5. The molecule has 0 aliphatic carbocycles. The molecule has 3 fully saturated rings. The standard InChI is InChI=1S/C34H36F2N6O3/c1-5-24-26(35)11-8-19-13-23(43)14-25(27(19)24)30-29(36)31-28(33(38-30)45-18(2)3)32(42-15-20-9-10-21(16-42)37-20)40-34(39-31)44-17-22-7-6-12-41(22)4/h1,8,11,13-14,18,20-22,37,43H,6-7,9-10,12,15-17H2,2-4H3/t20?,21?,22-/m0/s1. The fourth-order valence-corrected chi connectivity index (χ4v) is 6.97. The summed E-state index contributed by atoms with van der Waals surface area (Å²) in [7, 11) is 2.06. The quantitative estimate of drug-likeness (QED) is 0.279. The van der Waals surface area contributed by atoms with Gasteiger partial charge >= 0.3 is 6.01 Å². The maximum atomic E-state index is 17.0. The average molecular weight is 615 g/mol. The van der Waals surface area contributed by atoms with Gasteiger partial charge in [-0.1, -0.05) is 12.0 Å². The van der Waals surface area contributed by atoms with E-state index in [1.165, 1.54) is 24.3 Å². The number of ether oxygens (including phenoxy) is 2. The SMILES string of the molecule is C#Cc1c(F)ccc2cc(O)cc(-c3nc(OC(C)C)c4c(N5CC6CCC(C5)N6)nc(OC[C@@H]5CCCN5C)nc4c3F)c12. The highest BCUT2D eigenvalue weighted by molar-refractivity contribution is 6.04. The molecule has 3 atom stereocenters. The number of hydrogen-bond donors (Lipinski definition) is 2. The van der Waals surface area contributed by atoms with Crippen molar-refractivity contribution in [1.29, 1.82) is 0 Å². The molecule has 0 saturated carbocycles. The zero-order chi connectivity index (χ0) is 31.4. The van der Waals surface area contributed by atoms with Crippen LogP contribution in [0.5, 0.6) is 17.6 Å². The van der Waals surface area contributed by atoms with Gasteiger partial charge < -0.3 is 29.7 Å². The van der Waals surface area contributed by atoms with Crippen molar-refractivity contribution in [2.24, 2.45) is 0 Å². The van der Waals surface area contributed by atoms with E-state index in [1.54, 1.807) is 0 Å². The summed E-state index contributed by atoms with van der Waals surface area (Å²) in [6.07, 6.45) is 9.57. The highest BCUT2D eigenvalue weighted by Crippen LogP contribution is 2.43. The van der Waals surface area contributed by atoms with Crippen molar-refractivity contribution in [2.45, 2.75) is 63.8 Å². The van der Waals surface area contributed by atoms with E-state index in [0.717, 1.165) is 32.2 Å². The number of phenols is 1. The number of pyridine rings is 1. The van der Waals surface area contributed by atoms with Crippen molar-refractivity contribution in [1.82, 2.24) is 25.2 Å². The van der Waals surface area contributed by atoms with E-state index in [0.29, 0.717) is 36.3 Å². The monoisotopic (exact) mass is 614 g/mol. The maximum Gasteiger partial charge on any atom is 0.319 e. The Morgan fingerprint density at radius 2 is 1.87 bits per heavy atom. The number of terminal acetylenes is 1. The van der Waals surface area contributed by atoms with Crippen LogP contribution in [0.1, 0.15) is 45.1 Å². The molecule has 0 radical (unpaired) electrons.